The van der Waals surface area contributed by atoms with Crippen molar-refractivity contribution < 1.29 is 14.5 Å². The number of hydrogen-bond acceptors (Lipinski definition) is 6. The summed E-state index contributed by atoms with van der Waals surface area (Å²) in [5.74, 6) is -0.783. The summed E-state index contributed by atoms with van der Waals surface area (Å²) < 4.78 is 1.23. The van der Waals surface area contributed by atoms with E-state index in [0.717, 1.165) is 21.8 Å². The van der Waals surface area contributed by atoms with Gasteiger partial charge in [0.25, 0.3) is 11.6 Å². The zero-order valence-electron chi connectivity index (χ0n) is 15.0. The Balaban J connectivity index is 1.72. The van der Waals surface area contributed by atoms with Gasteiger partial charge in [-0.1, -0.05) is 52.0 Å². The second kappa shape index (κ2) is 8.85. The topological polar surface area (TPSA) is 92.5 Å². The lowest BCUT2D eigenvalue weighted by atomic mass is 10.2. The molecular weight excluding hydrogens is 478 g/mol. The van der Waals surface area contributed by atoms with Crippen LogP contribution in [0.4, 0.5) is 11.4 Å². The highest BCUT2D eigenvalue weighted by Gasteiger charge is 2.38. The summed E-state index contributed by atoms with van der Waals surface area (Å²) in [6.07, 6.45) is 1.73. The third kappa shape index (κ3) is 4.89. The molecule has 2 aromatic rings. The van der Waals surface area contributed by atoms with Gasteiger partial charge in [-0.2, -0.15) is 0 Å². The lowest BCUT2D eigenvalue weighted by molar-refractivity contribution is -0.384. The van der Waals surface area contributed by atoms with Crippen LogP contribution < -0.4 is 5.32 Å². The minimum absolute atomic E-state index is 0.0777. The van der Waals surface area contributed by atoms with Gasteiger partial charge in [0.2, 0.25) is 5.91 Å². The SMILES string of the molecule is CC(C(=O)Nc1ccc([N+](=O)[O-])cc1)N1C(=O)/C(=C/c2ccc(Br)cc2)SC1=S. The molecule has 0 aromatic heterocycles. The van der Waals surface area contributed by atoms with Crippen LogP contribution in [0.3, 0.4) is 0 Å². The van der Waals surface area contributed by atoms with Gasteiger partial charge in [0.05, 0.1) is 9.83 Å². The molecule has 1 atom stereocenters. The maximum Gasteiger partial charge on any atom is 0.269 e. The number of thiocarbonyl (C=S) groups is 1. The molecule has 0 saturated carbocycles. The number of nitro benzene ring substituents is 1. The van der Waals surface area contributed by atoms with Crippen LogP contribution in [0.1, 0.15) is 12.5 Å². The van der Waals surface area contributed by atoms with Gasteiger partial charge in [-0.15, -0.1) is 0 Å². The Bertz CT molecular complexity index is 1020. The molecule has 1 aliphatic rings. The second-order valence-electron chi connectivity index (χ2n) is 6.07. The summed E-state index contributed by atoms with van der Waals surface area (Å²) in [6.45, 7) is 1.58. The van der Waals surface area contributed by atoms with E-state index in [1.807, 2.05) is 24.3 Å². The summed E-state index contributed by atoms with van der Waals surface area (Å²) >= 11 is 9.81. The predicted molar refractivity (Wildman–Crippen MR) is 120 cm³/mol. The first-order chi connectivity index (χ1) is 13.8. The summed E-state index contributed by atoms with van der Waals surface area (Å²) in [4.78, 5) is 37.3. The first-order valence-electron chi connectivity index (χ1n) is 8.34. The van der Waals surface area contributed by atoms with Crippen LogP contribution in [0, 0.1) is 10.1 Å². The molecular formula is C19H14BrN3O4S2. The van der Waals surface area contributed by atoms with Crippen molar-refractivity contribution in [2.45, 2.75) is 13.0 Å². The van der Waals surface area contributed by atoms with Gasteiger partial charge in [0.1, 0.15) is 10.4 Å². The number of amides is 2. The minimum atomic E-state index is -0.839. The molecule has 10 heteroatoms. The molecule has 1 saturated heterocycles. The van der Waals surface area contributed by atoms with Crippen LogP contribution in [0.2, 0.25) is 0 Å². The number of nitro groups is 1. The van der Waals surface area contributed by atoms with Crippen molar-refractivity contribution in [2.24, 2.45) is 0 Å². The number of thioether (sulfide) groups is 1. The summed E-state index contributed by atoms with van der Waals surface area (Å²) in [7, 11) is 0. The standard InChI is InChI=1S/C19H14BrN3O4S2/c1-11(17(24)21-14-6-8-15(9-7-14)23(26)27)22-18(25)16(29-19(22)28)10-12-2-4-13(20)5-3-12/h2-11H,1H3,(H,21,24)/b16-10-. The summed E-state index contributed by atoms with van der Waals surface area (Å²) in [6, 6.07) is 12.1. The van der Waals surface area contributed by atoms with E-state index in [2.05, 4.69) is 21.2 Å². The van der Waals surface area contributed by atoms with E-state index >= 15 is 0 Å². The van der Waals surface area contributed by atoms with Gasteiger partial charge >= 0.3 is 0 Å². The summed E-state index contributed by atoms with van der Waals surface area (Å²) in [5, 5.41) is 13.4. The van der Waals surface area contributed by atoms with Crippen molar-refractivity contribution in [2.75, 3.05) is 5.32 Å². The number of carbonyl (C=O) groups is 2. The summed E-state index contributed by atoms with van der Waals surface area (Å²) in [5.41, 5.74) is 1.16. The van der Waals surface area contributed by atoms with Crippen LogP contribution in [-0.4, -0.2) is 32.0 Å². The first-order valence-corrected chi connectivity index (χ1v) is 10.4. The fraction of sp³-hybridized carbons (Fsp3) is 0.105. The van der Waals surface area contributed by atoms with E-state index in [1.54, 1.807) is 13.0 Å². The van der Waals surface area contributed by atoms with Crippen molar-refractivity contribution in [3.63, 3.8) is 0 Å². The highest BCUT2D eigenvalue weighted by molar-refractivity contribution is 9.10. The number of non-ortho nitro benzene ring substituents is 1. The molecule has 1 N–H and O–H groups in total. The van der Waals surface area contributed by atoms with Crippen molar-refractivity contribution in [1.29, 1.82) is 0 Å². The second-order valence-corrected chi connectivity index (χ2v) is 8.66. The highest BCUT2D eigenvalue weighted by atomic mass is 79.9. The van der Waals surface area contributed by atoms with Gasteiger partial charge in [0.15, 0.2) is 0 Å². The zero-order chi connectivity index (χ0) is 21.1. The molecule has 2 amide bonds. The monoisotopic (exact) mass is 491 g/mol. The van der Waals surface area contributed by atoms with E-state index in [1.165, 1.54) is 29.2 Å². The van der Waals surface area contributed by atoms with Gasteiger partial charge in [-0.3, -0.25) is 24.6 Å². The van der Waals surface area contributed by atoms with Gasteiger partial charge < -0.3 is 5.32 Å². The Hall–Kier alpha value is -2.56. The Morgan fingerprint density at radius 1 is 1.24 bits per heavy atom. The molecule has 29 heavy (non-hydrogen) atoms. The zero-order valence-corrected chi connectivity index (χ0v) is 18.2. The number of rotatable bonds is 5. The third-order valence-corrected chi connectivity index (χ3v) is 5.96. The van der Waals surface area contributed by atoms with Crippen molar-refractivity contribution in [3.05, 3.63) is 73.6 Å². The molecule has 148 valence electrons. The average molecular weight is 492 g/mol. The van der Waals surface area contributed by atoms with Crippen LogP contribution in [0.15, 0.2) is 57.9 Å². The van der Waals surface area contributed by atoms with Crippen LogP contribution in [-0.2, 0) is 9.59 Å². The van der Waals surface area contributed by atoms with E-state index in [9.17, 15) is 19.7 Å². The van der Waals surface area contributed by atoms with Crippen molar-refractivity contribution >= 4 is 73.5 Å². The molecule has 3 rings (SSSR count). The molecule has 1 heterocycles. The van der Waals surface area contributed by atoms with Crippen LogP contribution >= 0.6 is 39.9 Å². The Morgan fingerprint density at radius 2 is 1.86 bits per heavy atom. The van der Waals surface area contributed by atoms with E-state index in [4.69, 9.17) is 12.2 Å². The normalized spacial score (nSPS) is 16.2. The molecule has 0 aliphatic carbocycles. The van der Waals surface area contributed by atoms with Crippen LogP contribution in [0.25, 0.3) is 6.08 Å². The van der Waals surface area contributed by atoms with Crippen molar-refractivity contribution in [1.82, 2.24) is 4.90 Å². The molecule has 0 spiro atoms. The first kappa shape index (κ1) is 21.2. The average Bonchev–Trinajstić information content (AvgIpc) is 2.96. The Kier molecular flexibility index (Phi) is 6.46. The number of benzene rings is 2. The van der Waals surface area contributed by atoms with Crippen LogP contribution in [0.5, 0.6) is 0 Å². The smallest absolute Gasteiger partial charge is 0.269 e. The maximum absolute atomic E-state index is 12.8. The Morgan fingerprint density at radius 3 is 2.45 bits per heavy atom. The molecule has 0 radical (unpaired) electrons. The lowest BCUT2D eigenvalue weighted by Gasteiger charge is -2.22. The quantitative estimate of drug-likeness (QED) is 0.284. The number of anilines is 1. The lowest BCUT2D eigenvalue weighted by Crippen LogP contribution is -2.44. The molecule has 1 aliphatic heterocycles. The number of carbonyl (C=O) groups excluding carboxylic acids is 2. The largest absolute Gasteiger partial charge is 0.324 e. The molecule has 7 nitrogen and oxygen atoms in total. The van der Waals surface area contributed by atoms with Gasteiger partial charge in [0, 0.05) is 22.3 Å². The minimum Gasteiger partial charge on any atom is -0.324 e. The fourth-order valence-electron chi connectivity index (χ4n) is 2.55. The number of nitrogens with one attached hydrogen (secondary N) is 1. The Labute approximate surface area is 184 Å². The predicted octanol–water partition coefficient (Wildman–Crippen LogP) is 4.59. The van der Waals surface area contributed by atoms with E-state index in [-0.39, 0.29) is 11.6 Å². The molecule has 1 fully saturated rings. The molecule has 2 aromatic carbocycles. The van der Waals surface area contributed by atoms with Gasteiger partial charge in [-0.25, -0.2) is 0 Å². The van der Waals surface area contributed by atoms with Gasteiger partial charge in [-0.05, 0) is 42.8 Å². The highest BCUT2D eigenvalue weighted by Crippen LogP contribution is 2.34. The number of nitrogens with zero attached hydrogens (tertiary/aromatic N) is 2. The fourth-order valence-corrected chi connectivity index (χ4v) is 4.24. The number of hydrogen-bond donors (Lipinski definition) is 1. The van der Waals surface area contributed by atoms with E-state index in [0.29, 0.717) is 14.9 Å². The number of halogens is 1. The molecule has 0 bridgehead atoms. The maximum atomic E-state index is 12.8. The van der Waals surface area contributed by atoms with Crippen molar-refractivity contribution in [3.8, 4) is 0 Å². The van der Waals surface area contributed by atoms with E-state index < -0.39 is 16.9 Å². The molecule has 1 unspecified atom stereocenters. The third-order valence-electron chi connectivity index (χ3n) is 4.10.